The lowest BCUT2D eigenvalue weighted by atomic mass is 9.84. The first-order chi connectivity index (χ1) is 10.1. The van der Waals surface area contributed by atoms with Crippen LogP contribution in [0.1, 0.15) is 26.2 Å². The molecule has 1 amide bonds. The molecule has 2 unspecified atom stereocenters. The third kappa shape index (κ3) is 2.52. The van der Waals surface area contributed by atoms with Gasteiger partial charge in [-0.25, -0.2) is 4.68 Å². The lowest BCUT2D eigenvalue weighted by molar-refractivity contribution is -0.125. The average Bonchev–Trinajstić information content (AvgIpc) is 3.12. The molecular formula is C14H18N6O. The molecule has 0 aliphatic heterocycles. The number of carbonyl (C=O) groups excluding carboxylic acids is 1. The molecule has 1 aliphatic rings. The van der Waals surface area contributed by atoms with Crippen molar-refractivity contribution in [3.63, 3.8) is 0 Å². The zero-order valence-electron chi connectivity index (χ0n) is 11.9. The van der Waals surface area contributed by atoms with Gasteiger partial charge in [0.05, 0.1) is 11.1 Å². The topological polar surface area (TPSA) is 98.7 Å². The molecule has 21 heavy (non-hydrogen) atoms. The highest BCUT2D eigenvalue weighted by molar-refractivity contribution is 5.95. The minimum Gasteiger partial charge on any atom is -0.327 e. The van der Waals surface area contributed by atoms with Crippen molar-refractivity contribution in [3.8, 4) is 5.69 Å². The van der Waals surface area contributed by atoms with Gasteiger partial charge in [-0.3, -0.25) is 4.79 Å². The van der Waals surface area contributed by atoms with Gasteiger partial charge >= 0.3 is 0 Å². The van der Waals surface area contributed by atoms with Gasteiger partial charge in [-0.1, -0.05) is 6.42 Å². The van der Waals surface area contributed by atoms with Crippen LogP contribution in [0.25, 0.3) is 5.69 Å². The smallest absolute Gasteiger partial charge is 0.231 e. The first-order valence-corrected chi connectivity index (χ1v) is 7.00. The maximum atomic E-state index is 12.4. The summed E-state index contributed by atoms with van der Waals surface area (Å²) >= 11 is 0. The molecular weight excluding hydrogens is 268 g/mol. The molecule has 110 valence electrons. The van der Waals surface area contributed by atoms with Crippen molar-refractivity contribution in [2.75, 3.05) is 5.32 Å². The van der Waals surface area contributed by atoms with Crippen molar-refractivity contribution in [2.45, 2.75) is 32.2 Å². The van der Waals surface area contributed by atoms with Crippen molar-refractivity contribution in [2.24, 2.45) is 11.1 Å². The Morgan fingerprint density at radius 2 is 2.19 bits per heavy atom. The van der Waals surface area contributed by atoms with Gasteiger partial charge in [0.25, 0.3) is 0 Å². The van der Waals surface area contributed by atoms with E-state index in [1.807, 2.05) is 31.2 Å². The predicted molar refractivity (Wildman–Crippen MR) is 77.7 cm³/mol. The zero-order valence-corrected chi connectivity index (χ0v) is 11.9. The van der Waals surface area contributed by atoms with Gasteiger partial charge in [-0.2, -0.15) is 0 Å². The molecule has 7 heteroatoms. The summed E-state index contributed by atoms with van der Waals surface area (Å²) in [5, 5.41) is 13.9. The molecule has 2 atom stereocenters. The number of anilines is 1. The molecule has 1 fully saturated rings. The van der Waals surface area contributed by atoms with Crippen molar-refractivity contribution in [3.05, 3.63) is 30.6 Å². The highest BCUT2D eigenvalue weighted by atomic mass is 16.2. The fourth-order valence-corrected chi connectivity index (χ4v) is 2.73. The Labute approximate surface area is 122 Å². The van der Waals surface area contributed by atoms with Crippen LogP contribution in [0, 0.1) is 5.41 Å². The number of rotatable bonds is 3. The number of hydrogen-bond acceptors (Lipinski definition) is 5. The van der Waals surface area contributed by atoms with Crippen LogP contribution in [-0.4, -0.2) is 32.2 Å². The van der Waals surface area contributed by atoms with Crippen LogP contribution in [0.4, 0.5) is 5.69 Å². The van der Waals surface area contributed by atoms with Crippen LogP contribution in [0.3, 0.4) is 0 Å². The number of amides is 1. The summed E-state index contributed by atoms with van der Waals surface area (Å²) in [6.45, 7) is 1.94. The van der Waals surface area contributed by atoms with Crippen LogP contribution < -0.4 is 11.1 Å². The van der Waals surface area contributed by atoms with Crippen molar-refractivity contribution in [1.82, 2.24) is 20.2 Å². The summed E-state index contributed by atoms with van der Waals surface area (Å²) in [5.41, 5.74) is 7.17. The van der Waals surface area contributed by atoms with E-state index in [1.165, 1.54) is 6.33 Å². The second-order valence-electron chi connectivity index (χ2n) is 5.67. The Hall–Kier alpha value is -2.28. The average molecular weight is 286 g/mol. The van der Waals surface area contributed by atoms with Gasteiger partial charge in [0.15, 0.2) is 0 Å². The minimum absolute atomic E-state index is 0.0114. The number of nitrogens with two attached hydrogens (primary N) is 1. The Morgan fingerprint density at radius 1 is 1.43 bits per heavy atom. The molecule has 0 saturated heterocycles. The second-order valence-corrected chi connectivity index (χ2v) is 5.67. The number of hydrogen-bond donors (Lipinski definition) is 2. The number of carbonyl (C=O) groups is 1. The van der Waals surface area contributed by atoms with Crippen LogP contribution >= 0.6 is 0 Å². The second kappa shape index (κ2) is 5.25. The molecule has 1 aromatic carbocycles. The largest absolute Gasteiger partial charge is 0.327 e. The van der Waals surface area contributed by atoms with E-state index in [4.69, 9.17) is 5.73 Å². The first-order valence-electron chi connectivity index (χ1n) is 7.00. The van der Waals surface area contributed by atoms with E-state index >= 15 is 0 Å². The Kier molecular flexibility index (Phi) is 3.42. The molecule has 0 radical (unpaired) electrons. The normalized spacial score (nSPS) is 25.0. The molecule has 1 aromatic heterocycles. The fraction of sp³-hybridized carbons (Fsp3) is 0.429. The number of nitrogens with zero attached hydrogens (tertiary/aromatic N) is 4. The molecule has 1 heterocycles. The standard InChI is InChI=1S/C14H18N6O/c1-14(8-2-3-12(14)15)13(21)17-10-4-6-11(7-5-10)20-9-16-18-19-20/h4-7,9,12H,2-3,8,15H2,1H3,(H,17,21). The number of benzene rings is 1. The van der Waals surface area contributed by atoms with E-state index in [1.54, 1.807) is 4.68 Å². The molecule has 7 nitrogen and oxygen atoms in total. The maximum absolute atomic E-state index is 12.4. The summed E-state index contributed by atoms with van der Waals surface area (Å²) in [6, 6.07) is 7.29. The van der Waals surface area contributed by atoms with Crippen molar-refractivity contribution < 1.29 is 4.79 Å². The fourth-order valence-electron chi connectivity index (χ4n) is 2.73. The lowest BCUT2D eigenvalue weighted by Crippen LogP contribution is -2.44. The molecule has 3 rings (SSSR count). The van der Waals surface area contributed by atoms with E-state index < -0.39 is 5.41 Å². The zero-order chi connectivity index (χ0) is 14.9. The maximum Gasteiger partial charge on any atom is 0.231 e. The first kappa shape index (κ1) is 13.7. The van der Waals surface area contributed by atoms with E-state index in [0.29, 0.717) is 0 Å². The molecule has 1 saturated carbocycles. The summed E-state index contributed by atoms with van der Waals surface area (Å²) in [5.74, 6) is -0.0114. The minimum atomic E-state index is -0.478. The van der Waals surface area contributed by atoms with E-state index in [2.05, 4.69) is 20.8 Å². The van der Waals surface area contributed by atoms with Gasteiger partial charge in [0.1, 0.15) is 6.33 Å². The van der Waals surface area contributed by atoms with Gasteiger partial charge in [0, 0.05) is 11.7 Å². The molecule has 3 N–H and O–H groups in total. The Morgan fingerprint density at radius 3 is 2.76 bits per heavy atom. The quantitative estimate of drug-likeness (QED) is 0.881. The third-order valence-corrected chi connectivity index (χ3v) is 4.29. The highest BCUT2D eigenvalue weighted by Gasteiger charge is 2.42. The van der Waals surface area contributed by atoms with Gasteiger partial charge in [0.2, 0.25) is 5.91 Å². The Balaban J connectivity index is 1.72. The molecule has 1 aliphatic carbocycles. The van der Waals surface area contributed by atoms with Crippen LogP contribution in [0.15, 0.2) is 30.6 Å². The lowest BCUT2D eigenvalue weighted by Gasteiger charge is -2.27. The van der Waals surface area contributed by atoms with Gasteiger partial charge < -0.3 is 11.1 Å². The summed E-state index contributed by atoms with van der Waals surface area (Å²) in [4.78, 5) is 12.4. The number of aromatic nitrogens is 4. The third-order valence-electron chi connectivity index (χ3n) is 4.29. The van der Waals surface area contributed by atoms with Gasteiger partial charge in [-0.05, 0) is 54.5 Å². The van der Waals surface area contributed by atoms with Crippen LogP contribution in [0.5, 0.6) is 0 Å². The number of nitrogens with one attached hydrogen (secondary N) is 1. The van der Waals surface area contributed by atoms with E-state index in [-0.39, 0.29) is 11.9 Å². The van der Waals surface area contributed by atoms with Crippen LogP contribution in [0.2, 0.25) is 0 Å². The monoisotopic (exact) mass is 286 g/mol. The summed E-state index contributed by atoms with van der Waals surface area (Å²) in [7, 11) is 0. The van der Waals surface area contributed by atoms with Gasteiger partial charge in [-0.15, -0.1) is 5.10 Å². The molecule has 0 spiro atoms. The van der Waals surface area contributed by atoms with E-state index in [0.717, 1.165) is 30.6 Å². The summed E-state index contributed by atoms with van der Waals surface area (Å²) in [6.07, 6.45) is 4.26. The van der Waals surface area contributed by atoms with E-state index in [9.17, 15) is 4.79 Å². The Bertz CT molecular complexity index is 623. The molecule has 0 bridgehead atoms. The van der Waals surface area contributed by atoms with Crippen molar-refractivity contribution >= 4 is 11.6 Å². The number of tetrazole rings is 1. The highest BCUT2D eigenvalue weighted by Crippen LogP contribution is 2.37. The summed E-state index contributed by atoms with van der Waals surface area (Å²) < 4.78 is 1.56. The SMILES string of the molecule is CC1(C(=O)Nc2ccc(-n3cnnn3)cc2)CCCC1N. The van der Waals surface area contributed by atoms with Crippen molar-refractivity contribution in [1.29, 1.82) is 0 Å². The van der Waals surface area contributed by atoms with Crippen LogP contribution in [-0.2, 0) is 4.79 Å². The molecule has 2 aromatic rings. The predicted octanol–water partition coefficient (Wildman–Crippen LogP) is 1.12.